The lowest BCUT2D eigenvalue weighted by Crippen LogP contribution is -2.56. The molecule has 0 radical (unpaired) electrons. The molecule has 0 aromatic heterocycles. The van der Waals surface area contributed by atoms with E-state index in [0.717, 1.165) is 0 Å². The number of likely N-dealkylation sites (tertiary alicyclic amines) is 1. The van der Waals surface area contributed by atoms with E-state index < -0.39 is 23.2 Å². The van der Waals surface area contributed by atoms with Crippen molar-refractivity contribution in [2.24, 2.45) is 5.41 Å². The Kier molecular flexibility index (Phi) is 4.01. The summed E-state index contributed by atoms with van der Waals surface area (Å²) >= 11 is 0. The third-order valence-corrected chi connectivity index (χ3v) is 3.59. The van der Waals surface area contributed by atoms with Gasteiger partial charge in [0.1, 0.15) is 0 Å². The molecule has 0 saturated carbocycles. The molecule has 0 aromatic rings. The van der Waals surface area contributed by atoms with Crippen LogP contribution >= 0.6 is 0 Å². The molecule has 0 spiro atoms. The SMILES string of the molecule is CC(C)(O)C(O)C1(CO)CCN(C(=O)O)CC1. The first-order valence-corrected chi connectivity index (χ1v) is 5.72. The lowest BCUT2D eigenvalue weighted by atomic mass is 9.69. The average molecular weight is 247 g/mol. The van der Waals surface area contributed by atoms with Gasteiger partial charge in [-0.05, 0) is 26.7 Å². The van der Waals surface area contributed by atoms with Gasteiger partial charge in [-0.15, -0.1) is 0 Å². The number of piperidine rings is 1. The maximum absolute atomic E-state index is 10.8. The van der Waals surface area contributed by atoms with Gasteiger partial charge < -0.3 is 25.3 Å². The summed E-state index contributed by atoms with van der Waals surface area (Å²) in [6.07, 6.45) is -1.37. The summed E-state index contributed by atoms with van der Waals surface area (Å²) < 4.78 is 0. The van der Waals surface area contributed by atoms with Gasteiger partial charge in [0, 0.05) is 18.5 Å². The summed E-state index contributed by atoms with van der Waals surface area (Å²) in [4.78, 5) is 12.0. The highest BCUT2D eigenvalue weighted by Crippen LogP contribution is 2.38. The molecule has 6 nitrogen and oxygen atoms in total. The smallest absolute Gasteiger partial charge is 0.407 e. The van der Waals surface area contributed by atoms with Crippen molar-refractivity contribution in [1.82, 2.24) is 4.90 Å². The monoisotopic (exact) mass is 247 g/mol. The van der Waals surface area contributed by atoms with Gasteiger partial charge in [-0.2, -0.15) is 0 Å². The van der Waals surface area contributed by atoms with Crippen molar-refractivity contribution in [1.29, 1.82) is 0 Å². The first kappa shape index (κ1) is 14.2. The van der Waals surface area contributed by atoms with Gasteiger partial charge in [-0.3, -0.25) is 0 Å². The zero-order valence-corrected chi connectivity index (χ0v) is 10.3. The Bertz CT molecular complexity index is 278. The fourth-order valence-electron chi connectivity index (χ4n) is 2.41. The summed E-state index contributed by atoms with van der Waals surface area (Å²) in [7, 11) is 0. The van der Waals surface area contributed by atoms with E-state index in [1.165, 1.54) is 18.7 Å². The number of amides is 1. The number of hydrogen-bond donors (Lipinski definition) is 4. The minimum atomic E-state index is -1.31. The molecule has 6 heteroatoms. The highest BCUT2D eigenvalue weighted by molar-refractivity contribution is 5.65. The van der Waals surface area contributed by atoms with E-state index in [0.29, 0.717) is 12.8 Å². The van der Waals surface area contributed by atoms with Gasteiger partial charge in [-0.1, -0.05) is 0 Å². The van der Waals surface area contributed by atoms with Crippen LogP contribution in [-0.4, -0.2) is 62.8 Å². The van der Waals surface area contributed by atoms with Crippen molar-refractivity contribution in [3.8, 4) is 0 Å². The molecule has 100 valence electrons. The molecule has 0 aromatic carbocycles. The van der Waals surface area contributed by atoms with E-state index in [4.69, 9.17) is 5.11 Å². The second-order valence-corrected chi connectivity index (χ2v) is 5.35. The summed E-state index contributed by atoms with van der Waals surface area (Å²) in [5.74, 6) is 0. The first-order valence-electron chi connectivity index (χ1n) is 5.72. The normalized spacial score (nSPS) is 22.3. The van der Waals surface area contributed by atoms with E-state index in [-0.39, 0.29) is 19.7 Å². The number of aliphatic hydroxyl groups excluding tert-OH is 2. The van der Waals surface area contributed by atoms with Crippen molar-refractivity contribution < 1.29 is 25.2 Å². The maximum Gasteiger partial charge on any atom is 0.407 e. The highest BCUT2D eigenvalue weighted by Gasteiger charge is 2.47. The number of rotatable bonds is 3. The molecule has 1 fully saturated rings. The molecule has 0 bridgehead atoms. The van der Waals surface area contributed by atoms with Crippen molar-refractivity contribution in [3.05, 3.63) is 0 Å². The van der Waals surface area contributed by atoms with Crippen LogP contribution in [0.5, 0.6) is 0 Å². The Labute approximate surface area is 100 Å². The molecule has 1 rings (SSSR count). The number of hydrogen-bond acceptors (Lipinski definition) is 4. The number of carboxylic acid groups (broad SMARTS) is 1. The minimum Gasteiger partial charge on any atom is -0.465 e. The molecule has 1 saturated heterocycles. The van der Waals surface area contributed by atoms with E-state index in [9.17, 15) is 20.1 Å². The lowest BCUT2D eigenvalue weighted by molar-refractivity contribution is -0.145. The fourth-order valence-corrected chi connectivity index (χ4v) is 2.41. The van der Waals surface area contributed by atoms with Crippen LogP contribution < -0.4 is 0 Å². The minimum absolute atomic E-state index is 0.258. The third kappa shape index (κ3) is 2.88. The van der Waals surface area contributed by atoms with E-state index >= 15 is 0 Å². The molecule has 1 amide bonds. The molecule has 1 aliphatic heterocycles. The predicted octanol–water partition coefficient (Wildman–Crippen LogP) is -0.129. The van der Waals surface area contributed by atoms with Crippen LogP contribution in [0.2, 0.25) is 0 Å². The molecule has 17 heavy (non-hydrogen) atoms. The van der Waals surface area contributed by atoms with Crippen molar-refractivity contribution in [2.45, 2.75) is 38.4 Å². The summed E-state index contributed by atoms with van der Waals surface area (Å²) in [5, 5.41) is 38.2. The van der Waals surface area contributed by atoms with Crippen LogP contribution in [0.4, 0.5) is 4.79 Å². The fraction of sp³-hybridized carbons (Fsp3) is 0.909. The van der Waals surface area contributed by atoms with Gasteiger partial charge in [0.15, 0.2) is 0 Å². The second-order valence-electron chi connectivity index (χ2n) is 5.35. The Hall–Kier alpha value is -0.850. The zero-order chi connectivity index (χ0) is 13.3. The van der Waals surface area contributed by atoms with E-state index in [2.05, 4.69) is 0 Å². The summed E-state index contributed by atoms with van der Waals surface area (Å²) in [6, 6.07) is 0. The predicted molar refractivity (Wildman–Crippen MR) is 60.7 cm³/mol. The molecule has 1 aliphatic rings. The van der Waals surface area contributed by atoms with Crippen molar-refractivity contribution in [2.75, 3.05) is 19.7 Å². The van der Waals surface area contributed by atoms with E-state index in [1.807, 2.05) is 0 Å². The Morgan fingerprint density at radius 1 is 1.41 bits per heavy atom. The zero-order valence-electron chi connectivity index (χ0n) is 10.3. The van der Waals surface area contributed by atoms with E-state index in [1.54, 1.807) is 0 Å². The van der Waals surface area contributed by atoms with Crippen molar-refractivity contribution >= 4 is 6.09 Å². The summed E-state index contributed by atoms with van der Waals surface area (Å²) in [6.45, 7) is 3.25. The van der Waals surface area contributed by atoms with Gasteiger partial charge in [-0.25, -0.2) is 4.79 Å². The third-order valence-electron chi connectivity index (χ3n) is 3.59. The van der Waals surface area contributed by atoms with Gasteiger partial charge in [0.25, 0.3) is 0 Å². The molecular formula is C11H21NO5. The van der Waals surface area contributed by atoms with Crippen molar-refractivity contribution in [3.63, 3.8) is 0 Å². The van der Waals surface area contributed by atoms with Crippen LogP contribution in [0.15, 0.2) is 0 Å². The van der Waals surface area contributed by atoms with Gasteiger partial charge >= 0.3 is 6.09 Å². The number of nitrogens with zero attached hydrogens (tertiary/aromatic N) is 1. The number of carbonyl (C=O) groups is 1. The molecule has 1 atom stereocenters. The molecular weight excluding hydrogens is 226 g/mol. The Balaban J connectivity index is 2.77. The van der Waals surface area contributed by atoms with Crippen LogP contribution in [0.25, 0.3) is 0 Å². The highest BCUT2D eigenvalue weighted by atomic mass is 16.4. The Morgan fingerprint density at radius 3 is 2.18 bits per heavy atom. The topological polar surface area (TPSA) is 101 Å². The van der Waals surface area contributed by atoms with Crippen LogP contribution in [0, 0.1) is 5.41 Å². The van der Waals surface area contributed by atoms with Gasteiger partial charge in [0.05, 0.1) is 18.3 Å². The van der Waals surface area contributed by atoms with Crippen LogP contribution in [0.1, 0.15) is 26.7 Å². The summed E-state index contributed by atoms with van der Waals surface area (Å²) in [5.41, 5.74) is -2.13. The lowest BCUT2D eigenvalue weighted by Gasteiger charge is -2.46. The van der Waals surface area contributed by atoms with Gasteiger partial charge in [0.2, 0.25) is 0 Å². The molecule has 4 N–H and O–H groups in total. The molecule has 1 heterocycles. The second kappa shape index (κ2) is 4.80. The largest absolute Gasteiger partial charge is 0.465 e. The van der Waals surface area contributed by atoms with Crippen LogP contribution in [-0.2, 0) is 0 Å². The maximum atomic E-state index is 10.8. The average Bonchev–Trinajstić information content (AvgIpc) is 2.26. The molecule has 1 unspecified atom stereocenters. The van der Waals surface area contributed by atoms with Crippen LogP contribution in [0.3, 0.4) is 0 Å². The first-order chi connectivity index (χ1) is 7.73. The molecule has 0 aliphatic carbocycles. The number of aliphatic hydroxyl groups is 3. The Morgan fingerprint density at radius 2 is 1.88 bits per heavy atom. The quantitative estimate of drug-likeness (QED) is 0.556. The standard InChI is InChI=1S/C11H21NO5/c1-10(2,17)8(14)11(7-13)3-5-12(6-4-11)9(15)16/h8,13-14,17H,3-7H2,1-2H3,(H,15,16).